The quantitative estimate of drug-likeness (QED) is 0.817. The summed E-state index contributed by atoms with van der Waals surface area (Å²) < 4.78 is 26.7. The van der Waals surface area contributed by atoms with Crippen LogP contribution in [0.4, 0.5) is 8.78 Å². The van der Waals surface area contributed by atoms with Gasteiger partial charge in [-0.1, -0.05) is 6.92 Å². The van der Waals surface area contributed by atoms with Gasteiger partial charge in [-0.15, -0.1) is 0 Å². The number of carbonyl (C=O) groups excluding carboxylic acids is 3. The van der Waals surface area contributed by atoms with Crippen LogP contribution in [-0.4, -0.2) is 35.2 Å². The fourth-order valence-electron chi connectivity index (χ4n) is 2.10. The summed E-state index contributed by atoms with van der Waals surface area (Å²) in [6.07, 6.45) is 0.266. The summed E-state index contributed by atoms with van der Waals surface area (Å²) in [6, 6.07) is 1.59. The Hall–Kier alpha value is -2.31. The molecule has 20 heavy (non-hydrogen) atoms. The number of piperazine rings is 1. The Morgan fingerprint density at radius 2 is 2.10 bits per heavy atom. The second-order valence-electron chi connectivity index (χ2n) is 4.39. The Balaban J connectivity index is 2.37. The average Bonchev–Trinajstić information content (AvgIpc) is 2.40. The maximum Gasteiger partial charge on any atom is 0.258 e. The number of carbonyl (C=O) groups is 3. The van der Waals surface area contributed by atoms with Gasteiger partial charge >= 0.3 is 0 Å². The first-order valence-corrected chi connectivity index (χ1v) is 6.03. The van der Waals surface area contributed by atoms with Gasteiger partial charge in [0.05, 0.1) is 5.56 Å². The molecule has 0 aromatic heterocycles. The zero-order valence-corrected chi connectivity index (χ0v) is 10.7. The molecule has 1 aliphatic heterocycles. The molecule has 1 aromatic rings. The van der Waals surface area contributed by atoms with Crippen LogP contribution in [0.1, 0.15) is 23.7 Å². The van der Waals surface area contributed by atoms with E-state index in [4.69, 9.17) is 0 Å². The van der Waals surface area contributed by atoms with Gasteiger partial charge in [-0.2, -0.15) is 0 Å². The van der Waals surface area contributed by atoms with Gasteiger partial charge in [-0.3, -0.25) is 19.7 Å². The number of rotatable bonds is 2. The molecule has 0 bridgehead atoms. The third-order valence-electron chi connectivity index (χ3n) is 3.06. The van der Waals surface area contributed by atoms with E-state index in [1.807, 2.05) is 0 Å². The van der Waals surface area contributed by atoms with E-state index in [2.05, 4.69) is 5.32 Å². The van der Waals surface area contributed by atoms with Gasteiger partial charge in [0.15, 0.2) is 0 Å². The molecule has 1 fully saturated rings. The molecule has 2 rings (SSSR count). The lowest BCUT2D eigenvalue weighted by molar-refractivity contribution is -0.138. The zero-order chi connectivity index (χ0) is 14.9. The van der Waals surface area contributed by atoms with Gasteiger partial charge in [0, 0.05) is 0 Å². The minimum atomic E-state index is -0.898. The first kappa shape index (κ1) is 14.1. The minimum Gasteiger partial charge on any atom is -0.317 e. The lowest BCUT2D eigenvalue weighted by atomic mass is 10.1. The first-order chi connectivity index (χ1) is 9.43. The predicted octanol–water partition coefficient (Wildman–Crippen LogP) is 0.842. The number of hydrogen-bond donors (Lipinski definition) is 1. The molecule has 1 atom stereocenters. The Morgan fingerprint density at radius 1 is 1.40 bits per heavy atom. The van der Waals surface area contributed by atoms with Crippen molar-refractivity contribution >= 4 is 17.7 Å². The van der Waals surface area contributed by atoms with Crippen molar-refractivity contribution in [1.82, 2.24) is 10.2 Å². The van der Waals surface area contributed by atoms with Crippen LogP contribution >= 0.6 is 0 Å². The fraction of sp³-hybridized carbons (Fsp3) is 0.308. The van der Waals surface area contributed by atoms with Gasteiger partial charge in [-0.25, -0.2) is 8.78 Å². The minimum absolute atomic E-state index is 0.266. The molecule has 3 amide bonds. The van der Waals surface area contributed by atoms with Crippen molar-refractivity contribution in [3.05, 3.63) is 35.4 Å². The Morgan fingerprint density at radius 3 is 2.75 bits per heavy atom. The number of hydrogen-bond acceptors (Lipinski definition) is 3. The van der Waals surface area contributed by atoms with Gasteiger partial charge in [0.25, 0.3) is 5.91 Å². The highest BCUT2D eigenvalue weighted by atomic mass is 19.1. The second kappa shape index (κ2) is 5.36. The Kier molecular flexibility index (Phi) is 3.78. The third-order valence-corrected chi connectivity index (χ3v) is 3.06. The number of benzene rings is 1. The number of imide groups is 1. The molecule has 5 nitrogen and oxygen atoms in total. The SMILES string of the molecule is CCC1C(=O)NC(=O)CN1C(=O)c1cc(F)ccc1F. The molecule has 1 aromatic carbocycles. The Labute approximate surface area is 113 Å². The molecule has 7 heteroatoms. The second-order valence-corrected chi connectivity index (χ2v) is 4.39. The number of nitrogens with one attached hydrogen (secondary N) is 1. The smallest absolute Gasteiger partial charge is 0.258 e. The summed E-state index contributed by atoms with van der Waals surface area (Å²) in [5.41, 5.74) is -0.494. The normalized spacial score (nSPS) is 18.9. The van der Waals surface area contributed by atoms with Crippen LogP contribution in [0.3, 0.4) is 0 Å². The van der Waals surface area contributed by atoms with E-state index in [1.165, 1.54) is 0 Å². The van der Waals surface area contributed by atoms with Crippen LogP contribution in [0, 0.1) is 11.6 Å². The third kappa shape index (κ3) is 2.52. The molecule has 106 valence electrons. The van der Waals surface area contributed by atoms with Crippen LogP contribution in [0.15, 0.2) is 18.2 Å². The number of halogens is 2. The summed E-state index contributed by atoms with van der Waals surface area (Å²) in [7, 11) is 0. The van der Waals surface area contributed by atoms with Crippen molar-refractivity contribution in [2.45, 2.75) is 19.4 Å². The summed E-state index contributed by atoms with van der Waals surface area (Å²) in [4.78, 5) is 36.2. The van der Waals surface area contributed by atoms with E-state index in [1.54, 1.807) is 6.92 Å². The molecule has 1 heterocycles. The molecule has 0 radical (unpaired) electrons. The molecular formula is C13H12F2N2O3. The topological polar surface area (TPSA) is 66.5 Å². The van der Waals surface area contributed by atoms with E-state index in [0.717, 1.165) is 23.1 Å². The van der Waals surface area contributed by atoms with E-state index in [-0.39, 0.29) is 13.0 Å². The molecular weight excluding hydrogens is 270 g/mol. The number of amides is 3. The average molecular weight is 282 g/mol. The van der Waals surface area contributed by atoms with Crippen LogP contribution in [0.5, 0.6) is 0 Å². The summed E-state index contributed by atoms with van der Waals surface area (Å²) in [5, 5.41) is 2.10. The maximum atomic E-state index is 13.6. The summed E-state index contributed by atoms with van der Waals surface area (Å²) >= 11 is 0. The van der Waals surface area contributed by atoms with Crippen molar-refractivity contribution in [3.63, 3.8) is 0 Å². The first-order valence-electron chi connectivity index (χ1n) is 6.03. The van der Waals surface area contributed by atoms with E-state index in [9.17, 15) is 23.2 Å². The highest BCUT2D eigenvalue weighted by Crippen LogP contribution is 2.17. The lowest BCUT2D eigenvalue weighted by Crippen LogP contribution is -2.59. The molecule has 1 unspecified atom stereocenters. The van der Waals surface area contributed by atoms with Gasteiger partial charge in [0.1, 0.15) is 24.2 Å². The van der Waals surface area contributed by atoms with E-state index >= 15 is 0 Å². The highest BCUT2D eigenvalue weighted by Gasteiger charge is 2.36. The lowest BCUT2D eigenvalue weighted by Gasteiger charge is -2.33. The fourth-order valence-corrected chi connectivity index (χ4v) is 2.10. The zero-order valence-electron chi connectivity index (χ0n) is 10.7. The summed E-state index contributed by atoms with van der Waals surface area (Å²) in [5.74, 6) is -3.81. The van der Waals surface area contributed by atoms with Crippen molar-refractivity contribution in [2.24, 2.45) is 0 Å². The van der Waals surface area contributed by atoms with Crippen molar-refractivity contribution < 1.29 is 23.2 Å². The van der Waals surface area contributed by atoms with E-state index < -0.39 is 41.0 Å². The number of nitrogens with zero attached hydrogens (tertiary/aromatic N) is 1. The monoisotopic (exact) mass is 282 g/mol. The maximum absolute atomic E-state index is 13.6. The molecule has 0 saturated carbocycles. The van der Waals surface area contributed by atoms with Crippen LogP contribution in [0.2, 0.25) is 0 Å². The largest absolute Gasteiger partial charge is 0.317 e. The molecule has 0 spiro atoms. The van der Waals surface area contributed by atoms with Gasteiger partial charge < -0.3 is 4.90 Å². The van der Waals surface area contributed by atoms with Crippen molar-refractivity contribution in [3.8, 4) is 0 Å². The van der Waals surface area contributed by atoms with Crippen LogP contribution in [0.25, 0.3) is 0 Å². The van der Waals surface area contributed by atoms with Gasteiger partial charge in [-0.05, 0) is 24.6 Å². The standard InChI is InChI=1S/C13H12F2N2O3/c1-2-10-12(19)16-11(18)6-17(10)13(20)8-5-7(14)3-4-9(8)15/h3-5,10H,2,6H2,1H3,(H,16,18,19). The molecule has 1 saturated heterocycles. The van der Waals surface area contributed by atoms with Crippen LogP contribution < -0.4 is 5.32 Å². The Bertz CT molecular complexity index is 589. The predicted molar refractivity (Wildman–Crippen MR) is 64.6 cm³/mol. The highest BCUT2D eigenvalue weighted by molar-refractivity contribution is 6.07. The van der Waals surface area contributed by atoms with Crippen LogP contribution in [-0.2, 0) is 9.59 Å². The van der Waals surface area contributed by atoms with Crippen molar-refractivity contribution in [2.75, 3.05) is 6.54 Å². The van der Waals surface area contributed by atoms with Crippen molar-refractivity contribution in [1.29, 1.82) is 0 Å². The van der Waals surface area contributed by atoms with Gasteiger partial charge in [0.2, 0.25) is 11.8 Å². The molecule has 0 aliphatic carbocycles. The molecule has 1 aliphatic rings. The summed E-state index contributed by atoms with van der Waals surface area (Å²) in [6.45, 7) is 1.29. The van der Waals surface area contributed by atoms with E-state index in [0.29, 0.717) is 0 Å². The molecule has 1 N–H and O–H groups in total.